The highest BCUT2D eigenvalue weighted by Crippen LogP contribution is 2.17. The maximum atomic E-state index is 13.2. The first-order valence-corrected chi connectivity index (χ1v) is 9.91. The molecule has 0 aliphatic heterocycles. The van der Waals surface area contributed by atoms with E-state index in [4.69, 9.17) is 0 Å². The highest BCUT2D eigenvalue weighted by Gasteiger charge is 2.15. The van der Waals surface area contributed by atoms with Crippen molar-refractivity contribution in [3.63, 3.8) is 0 Å². The average molecular weight is 419 g/mol. The van der Waals surface area contributed by atoms with Gasteiger partial charge in [-0.15, -0.1) is 0 Å². The molecule has 31 heavy (non-hydrogen) atoms. The summed E-state index contributed by atoms with van der Waals surface area (Å²) < 4.78 is 16.2. The van der Waals surface area contributed by atoms with E-state index < -0.39 is 0 Å². The number of halogens is 1. The number of rotatable bonds is 5. The molecule has 1 N–H and O–H groups in total. The van der Waals surface area contributed by atoms with Crippen LogP contribution in [0.1, 0.15) is 23.4 Å². The van der Waals surface area contributed by atoms with E-state index in [1.165, 1.54) is 27.6 Å². The van der Waals surface area contributed by atoms with Crippen LogP contribution in [-0.4, -0.2) is 25.2 Å². The van der Waals surface area contributed by atoms with Gasteiger partial charge in [0.1, 0.15) is 17.0 Å². The van der Waals surface area contributed by atoms with Crippen LogP contribution >= 0.6 is 0 Å². The fourth-order valence-corrected chi connectivity index (χ4v) is 3.52. The van der Waals surface area contributed by atoms with Crippen molar-refractivity contribution in [2.45, 2.75) is 33.7 Å². The van der Waals surface area contributed by atoms with E-state index in [1.807, 2.05) is 32.0 Å². The lowest BCUT2D eigenvalue weighted by Gasteiger charge is -2.12. The summed E-state index contributed by atoms with van der Waals surface area (Å²) in [6, 6.07) is 11.6. The molecule has 1 amide bonds. The molecule has 2 heterocycles. The molecule has 0 fully saturated rings. The molecule has 2 aromatic heterocycles. The third-order valence-electron chi connectivity index (χ3n) is 5.17. The topological polar surface area (TPSA) is 81.8 Å². The van der Waals surface area contributed by atoms with Crippen LogP contribution in [0.15, 0.2) is 53.5 Å². The third kappa shape index (κ3) is 4.09. The number of aryl methyl sites for hydroxylation is 3. The van der Waals surface area contributed by atoms with E-state index in [2.05, 4.69) is 15.4 Å². The van der Waals surface area contributed by atoms with Crippen LogP contribution in [0.2, 0.25) is 0 Å². The molecule has 0 spiro atoms. The molecule has 0 atom stereocenters. The zero-order valence-corrected chi connectivity index (χ0v) is 17.5. The number of carbonyl (C=O) groups excluding carboxylic acids is 1. The summed E-state index contributed by atoms with van der Waals surface area (Å²) in [5.74, 6) is -0.0631. The summed E-state index contributed by atoms with van der Waals surface area (Å²) in [7, 11) is 0. The van der Waals surface area contributed by atoms with E-state index in [0.29, 0.717) is 22.5 Å². The molecule has 0 saturated carbocycles. The van der Waals surface area contributed by atoms with E-state index >= 15 is 0 Å². The molecule has 0 bridgehead atoms. The highest BCUT2D eigenvalue weighted by atomic mass is 19.1. The summed E-state index contributed by atoms with van der Waals surface area (Å²) in [5, 5.41) is 7.48. The van der Waals surface area contributed by atoms with Crippen LogP contribution in [0, 0.1) is 26.6 Å². The van der Waals surface area contributed by atoms with E-state index in [9.17, 15) is 14.0 Å². The summed E-state index contributed by atoms with van der Waals surface area (Å²) >= 11 is 0. The third-order valence-corrected chi connectivity index (χ3v) is 5.17. The van der Waals surface area contributed by atoms with E-state index in [0.717, 1.165) is 16.8 Å². The standard InChI is InChI=1S/C23H22FN5O2/c1-14-4-9-20(15(2)12-14)27-21(30)10-11-28-16(3)26-22-19(23(28)31)13-25-29(22)18-7-5-17(24)6-8-18/h4-9,12-13H,10-11H2,1-3H3,(H,27,30). The van der Waals surface area contributed by atoms with Gasteiger partial charge < -0.3 is 5.32 Å². The first-order chi connectivity index (χ1) is 14.8. The van der Waals surface area contributed by atoms with Crippen LogP contribution in [-0.2, 0) is 11.3 Å². The molecule has 0 saturated heterocycles. The Balaban J connectivity index is 1.56. The molecule has 0 aliphatic carbocycles. The number of hydrogen-bond acceptors (Lipinski definition) is 4. The molecule has 0 unspecified atom stereocenters. The Bertz CT molecular complexity index is 1340. The second kappa shape index (κ2) is 8.14. The Hall–Kier alpha value is -3.81. The molecule has 8 heteroatoms. The zero-order valence-electron chi connectivity index (χ0n) is 17.5. The predicted molar refractivity (Wildman–Crippen MR) is 117 cm³/mol. The minimum atomic E-state index is -0.356. The predicted octanol–water partition coefficient (Wildman–Crippen LogP) is 3.68. The first kappa shape index (κ1) is 20.5. The molecule has 0 aliphatic rings. The van der Waals surface area contributed by atoms with Gasteiger partial charge in [0.15, 0.2) is 5.65 Å². The lowest BCUT2D eigenvalue weighted by atomic mass is 10.1. The number of carbonyl (C=O) groups is 1. The van der Waals surface area contributed by atoms with Crippen LogP contribution in [0.25, 0.3) is 16.7 Å². The minimum Gasteiger partial charge on any atom is -0.326 e. The first-order valence-electron chi connectivity index (χ1n) is 9.91. The van der Waals surface area contributed by atoms with Crippen molar-refractivity contribution in [1.82, 2.24) is 19.3 Å². The van der Waals surface area contributed by atoms with Gasteiger partial charge in [-0.05, 0) is 56.7 Å². The Kier molecular flexibility index (Phi) is 5.37. The van der Waals surface area contributed by atoms with Gasteiger partial charge in [0, 0.05) is 18.7 Å². The lowest BCUT2D eigenvalue weighted by Crippen LogP contribution is -2.26. The van der Waals surface area contributed by atoms with Gasteiger partial charge in [0.05, 0.1) is 11.9 Å². The molecule has 7 nitrogen and oxygen atoms in total. The normalized spacial score (nSPS) is 11.1. The minimum absolute atomic E-state index is 0.132. The van der Waals surface area contributed by atoms with Gasteiger partial charge >= 0.3 is 0 Å². The maximum Gasteiger partial charge on any atom is 0.264 e. The number of hydrogen-bond donors (Lipinski definition) is 1. The van der Waals surface area contributed by atoms with E-state index in [-0.39, 0.29) is 30.2 Å². The maximum absolute atomic E-state index is 13.2. The van der Waals surface area contributed by atoms with Crippen molar-refractivity contribution in [3.05, 3.63) is 81.8 Å². The molecular weight excluding hydrogens is 397 g/mol. The van der Waals surface area contributed by atoms with Crippen LogP contribution < -0.4 is 10.9 Å². The molecular formula is C23H22FN5O2. The second-order valence-corrected chi connectivity index (χ2v) is 7.50. The van der Waals surface area contributed by atoms with Crippen molar-refractivity contribution in [2.24, 2.45) is 0 Å². The number of aromatic nitrogens is 4. The van der Waals surface area contributed by atoms with Crippen molar-refractivity contribution in [3.8, 4) is 5.69 Å². The summed E-state index contributed by atoms with van der Waals surface area (Å²) in [4.78, 5) is 29.9. The molecule has 158 valence electrons. The number of anilines is 1. The fourth-order valence-electron chi connectivity index (χ4n) is 3.52. The van der Waals surface area contributed by atoms with Gasteiger partial charge in [-0.1, -0.05) is 17.7 Å². The van der Waals surface area contributed by atoms with E-state index in [1.54, 1.807) is 19.1 Å². The Morgan fingerprint density at radius 1 is 1.10 bits per heavy atom. The zero-order chi connectivity index (χ0) is 22.1. The quantitative estimate of drug-likeness (QED) is 0.535. The van der Waals surface area contributed by atoms with Crippen LogP contribution in [0.5, 0.6) is 0 Å². The van der Waals surface area contributed by atoms with Gasteiger partial charge in [-0.25, -0.2) is 14.1 Å². The van der Waals surface area contributed by atoms with Gasteiger partial charge in [0.25, 0.3) is 5.56 Å². The van der Waals surface area contributed by atoms with Crippen LogP contribution in [0.4, 0.5) is 10.1 Å². The van der Waals surface area contributed by atoms with Gasteiger partial charge in [-0.3, -0.25) is 14.2 Å². The SMILES string of the molecule is Cc1ccc(NC(=O)CCn2c(C)nc3c(cnn3-c3ccc(F)cc3)c2=O)c(C)c1. The van der Waals surface area contributed by atoms with Crippen molar-refractivity contribution < 1.29 is 9.18 Å². The highest BCUT2D eigenvalue weighted by molar-refractivity contribution is 5.91. The Morgan fingerprint density at radius 3 is 2.55 bits per heavy atom. The van der Waals surface area contributed by atoms with Crippen molar-refractivity contribution >= 4 is 22.6 Å². The van der Waals surface area contributed by atoms with Crippen LogP contribution in [0.3, 0.4) is 0 Å². The number of benzene rings is 2. The van der Waals surface area contributed by atoms with Gasteiger partial charge in [-0.2, -0.15) is 5.10 Å². The van der Waals surface area contributed by atoms with Crippen molar-refractivity contribution in [1.29, 1.82) is 0 Å². The molecule has 0 radical (unpaired) electrons. The summed E-state index contributed by atoms with van der Waals surface area (Å²) in [6.45, 7) is 5.85. The molecule has 2 aromatic carbocycles. The van der Waals surface area contributed by atoms with Crippen molar-refractivity contribution in [2.75, 3.05) is 5.32 Å². The smallest absolute Gasteiger partial charge is 0.264 e. The Labute approximate surface area is 178 Å². The Morgan fingerprint density at radius 2 is 1.84 bits per heavy atom. The summed E-state index contributed by atoms with van der Waals surface area (Å²) in [5.41, 5.74) is 3.60. The van der Waals surface area contributed by atoms with Gasteiger partial charge in [0.2, 0.25) is 5.91 Å². The average Bonchev–Trinajstić information content (AvgIpc) is 3.14. The number of amides is 1. The number of nitrogens with one attached hydrogen (secondary N) is 1. The largest absolute Gasteiger partial charge is 0.326 e. The lowest BCUT2D eigenvalue weighted by molar-refractivity contribution is -0.116. The second-order valence-electron chi connectivity index (χ2n) is 7.50. The number of fused-ring (bicyclic) bond motifs is 1. The molecule has 4 aromatic rings. The fraction of sp³-hybridized carbons (Fsp3) is 0.217. The monoisotopic (exact) mass is 419 g/mol. The number of nitrogens with zero attached hydrogens (tertiary/aromatic N) is 4. The summed E-state index contributed by atoms with van der Waals surface area (Å²) in [6.07, 6.45) is 1.58. The molecule has 4 rings (SSSR count).